The van der Waals surface area contributed by atoms with Gasteiger partial charge in [0.2, 0.25) is 0 Å². The molecule has 0 aliphatic rings. The Hall–Kier alpha value is -2.10. The second-order valence-corrected chi connectivity index (χ2v) is 5.59. The number of ether oxygens (including phenoxy) is 1. The smallest absolute Gasteiger partial charge is 0.407 e. The van der Waals surface area contributed by atoms with Crippen molar-refractivity contribution in [1.82, 2.24) is 5.32 Å². The van der Waals surface area contributed by atoms with Crippen molar-refractivity contribution in [2.45, 2.75) is 33.3 Å². The number of carbonyl (C=O) groups is 2. The van der Waals surface area contributed by atoms with Crippen molar-refractivity contribution >= 4 is 17.4 Å². The maximum absolute atomic E-state index is 11.5. The monoisotopic (exact) mass is 275 g/mol. The summed E-state index contributed by atoms with van der Waals surface area (Å²) in [5.41, 5.74) is 1.77. The number of hydrogen-bond acceptors (Lipinski definition) is 3. The Kier molecular flexibility index (Phi) is 5.08. The average molecular weight is 275 g/mol. The standard InChI is InChI=1S/C16H21NO3/c1-11(10-17-15(19)20-16(3,4)5)13-6-8-14(9-7-13)12(2)18/h6-9H,1,10H2,2-5H3,(H,17,19). The minimum atomic E-state index is -0.519. The molecule has 0 radical (unpaired) electrons. The van der Waals surface area contributed by atoms with Gasteiger partial charge in [-0.2, -0.15) is 0 Å². The zero-order valence-corrected chi connectivity index (χ0v) is 12.4. The van der Waals surface area contributed by atoms with E-state index in [0.717, 1.165) is 11.1 Å². The molecular formula is C16H21NO3. The van der Waals surface area contributed by atoms with Crippen molar-refractivity contribution in [2.75, 3.05) is 6.54 Å². The minimum absolute atomic E-state index is 0.0223. The van der Waals surface area contributed by atoms with Gasteiger partial charge >= 0.3 is 6.09 Å². The van der Waals surface area contributed by atoms with E-state index in [1.54, 1.807) is 12.1 Å². The maximum Gasteiger partial charge on any atom is 0.407 e. The predicted molar refractivity (Wildman–Crippen MR) is 79.7 cm³/mol. The van der Waals surface area contributed by atoms with E-state index in [-0.39, 0.29) is 5.78 Å². The molecule has 0 bridgehead atoms. The molecule has 4 heteroatoms. The Morgan fingerprint density at radius 3 is 2.10 bits per heavy atom. The van der Waals surface area contributed by atoms with Crippen LogP contribution in [0.15, 0.2) is 30.8 Å². The summed E-state index contributed by atoms with van der Waals surface area (Å²) >= 11 is 0. The maximum atomic E-state index is 11.5. The van der Waals surface area contributed by atoms with Crippen molar-refractivity contribution in [2.24, 2.45) is 0 Å². The van der Waals surface area contributed by atoms with Crippen LogP contribution in [-0.4, -0.2) is 24.0 Å². The van der Waals surface area contributed by atoms with Crippen LogP contribution in [0, 0.1) is 0 Å². The third-order valence-corrected chi connectivity index (χ3v) is 2.54. The number of amides is 1. The van der Waals surface area contributed by atoms with Crippen molar-refractivity contribution in [3.63, 3.8) is 0 Å². The van der Waals surface area contributed by atoms with Crippen LogP contribution in [0.25, 0.3) is 5.57 Å². The number of alkyl carbamates (subject to hydrolysis) is 1. The zero-order chi connectivity index (χ0) is 15.3. The van der Waals surface area contributed by atoms with Gasteiger partial charge in [0, 0.05) is 12.1 Å². The van der Waals surface area contributed by atoms with Crippen LogP contribution in [0.5, 0.6) is 0 Å². The number of carbonyl (C=O) groups excluding carboxylic acids is 2. The lowest BCUT2D eigenvalue weighted by Crippen LogP contribution is -2.33. The second kappa shape index (κ2) is 6.37. The summed E-state index contributed by atoms with van der Waals surface area (Å²) in [6, 6.07) is 7.12. The molecule has 0 aromatic heterocycles. The Bertz CT molecular complexity index is 510. The van der Waals surface area contributed by atoms with Crippen LogP contribution in [0.3, 0.4) is 0 Å². The van der Waals surface area contributed by atoms with Crippen LogP contribution in [0.1, 0.15) is 43.6 Å². The molecule has 1 aromatic rings. The molecule has 1 N–H and O–H groups in total. The van der Waals surface area contributed by atoms with Gasteiger partial charge in [0.1, 0.15) is 5.60 Å². The lowest BCUT2D eigenvalue weighted by atomic mass is 10.0. The van der Waals surface area contributed by atoms with E-state index in [1.807, 2.05) is 32.9 Å². The first-order chi connectivity index (χ1) is 9.19. The molecule has 0 saturated heterocycles. The molecule has 108 valence electrons. The number of Topliss-reactive ketones (excluding diaryl/α,β-unsaturated/α-hetero) is 1. The van der Waals surface area contributed by atoms with Gasteiger partial charge in [-0.05, 0) is 38.8 Å². The Balaban J connectivity index is 2.55. The fraction of sp³-hybridized carbons (Fsp3) is 0.375. The molecule has 1 amide bonds. The molecule has 4 nitrogen and oxygen atoms in total. The molecule has 1 rings (SSSR count). The lowest BCUT2D eigenvalue weighted by molar-refractivity contribution is 0.0535. The molecule has 0 saturated carbocycles. The minimum Gasteiger partial charge on any atom is -0.444 e. The van der Waals surface area contributed by atoms with E-state index >= 15 is 0 Å². The van der Waals surface area contributed by atoms with Crippen molar-refractivity contribution < 1.29 is 14.3 Å². The van der Waals surface area contributed by atoms with E-state index in [2.05, 4.69) is 11.9 Å². The van der Waals surface area contributed by atoms with Crippen molar-refractivity contribution in [3.05, 3.63) is 42.0 Å². The summed E-state index contributed by atoms with van der Waals surface area (Å²) in [6.07, 6.45) is -0.473. The highest BCUT2D eigenvalue weighted by Crippen LogP contribution is 2.13. The van der Waals surface area contributed by atoms with Gasteiger partial charge in [-0.25, -0.2) is 4.79 Å². The highest BCUT2D eigenvalue weighted by molar-refractivity contribution is 5.94. The molecular weight excluding hydrogens is 254 g/mol. The zero-order valence-electron chi connectivity index (χ0n) is 12.4. The van der Waals surface area contributed by atoms with Gasteiger partial charge in [-0.15, -0.1) is 0 Å². The molecule has 1 aromatic carbocycles. The third-order valence-electron chi connectivity index (χ3n) is 2.54. The quantitative estimate of drug-likeness (QED) is 0.856. The summed E-state index contributed by atoms with van der Waals surface area (Å²) in [4.78, 5) is 22.7. The highest BCUT2D eigenvalue weighted by Gasteiger charge is 2.15. The predicted octanol–water partition coefficient (Wildman–Crippen LogP) is 3.43. The van der Waals surface area contributed by atoms with Crippen LogP contribution in [0.4, 0.5) is 4.79 Å². The van der Waals surface area contributed by atoms with E-state index in [0.29, 0.717) is 12.1 Å². The molecule has 0 fully saturated rings. The van der Waals surface area contributed by atoms with Gasteiger partial charge in [0.15, 0.2) is 5.78 Å². The Morgan fingerprint density at radius 2 is 1.65 bits per heavy atom. The molecule has 0 aliphatic carbocycles. The summed E-state index contributed by atoms with van der Waals surface area (Å²) < 4.78 is 5.14. The first-order valence-electron chi connectivity index (χ1n) is 6.45. The average Bonchev–Trinajstić information content (AvgIpc) is 2.34. The summed E-state index contributed by atoms with van der Waals surface area (Å²) in [5, 5.41) is 2.65. The van der Waals surface area contributed by atoms with Crippen molar-refractivity contribution in [3.8, 4) is 0 Å². The van der Waals surface area contributed by atoms with E-state index in [1.165, 1.54) is 6.92 Å². The Labute approximate surface area is 119 Å². The van der Waals surface area contributed by atoms with E-state index < -0.39 is 11.7 Å². The molecule has 0 aliphatic heterocycles. The Morgan fingerprint density at radius 1 is 1.15 bits per heavy atom. The van der Waals surface area contributed by atoms with E-state index in [4.69, 9.17) is 4.74 Å². The first kappa shape index (κ1) is 16.0. The number of ketones is 1. The molecule has 0 unspecified atom stereocenters. The van der Waals surface area contributed by atoms with Gasteiger partial charge in [0.05, 0.1) is 0 Å². The van der Waals surface area contributed by atoms with Gasteiger partial charge in [0.25, 0.3) is 0 Å². The van der Waals surface area contributed by atoms with Gasteiger partial charge in [-0.3, -0.25) is 4.79 Å². The number of hydrogen-bond donors (Lipinski definition) is 1. The van der Waals surface area contributed by atoms with Crippen LogP contribution in [-0.2, 0) is 4.74 Å². The number of nitrogens with one attached hydrogen (secondary N) is 1. The lowest BCUT2D eigenvalue weighted by Gasteiger charge is -2.20. The fourth-order valence-corrected chi connectivity index (χ4v) is 1.54. The second-order valence-electron chi connectivity index (χ2n) is 5.59. The van der Waals surface area contributed by atoms with Gasteiger partial charge < -0.3 is 10.1 Å². The first-order valence-corrected chi connectivity index (χ1v) is 6.45. The summed E-state index contributed by atoms with van der Waals surface area (Å²) in [5.74, 6) is 0.0223. The fourth-order valence-electron chi connectivity index (χ4n) is 1.54. The summed E-state index contributed by atoms with van der Waals surface area (Å²) in [6.45, 7) is 11.2. The SMILES string of the molecule is C=C(CNC(=O)OC(C)(C)C)c1ccc(C(C)=O)cc1. The van der Waals surface area contributed by atoms with Gasteiger partial charge in [-0.1, -0.05) is 30.8 Å². The van der Waals surface area contributed by atoms with Crippen LogP contribution in [0.2, 0.25) is 0 Å². The van der Waals surface area contributed by atoms with E-state index in [9.17, 15) is 9.59 Å². The topological polar surface area (TPSA) is 55.4 Å². The third kappa shape index (κ3) is 5.26. The van der Waals surface area contributed by atoms with Crippen LogP contribution >= 0.6 is 0 Å². The molecule has 20 heavy (non-hydrogen) atoms. The summed E-state index contributed by atoms with van der Waals surface area (Å²) in [7, 11) is 0. The largest absolute Gasteiger partial charge is 0.444 e. The molecule has 0 atom stereocenters. The van der Waals surface area contributed by atoms with Crippen molar-refractivity contribution in [1.29, 1.82) is 0 Å². The molecule has 0 heterocycles. The molecule has 0 spiro atoms. The normalized spacial score (nSPS) is 10.8. The number of rotatable bonds is 4. The van der Waals surface area contributed by atoms with Crippen LogP contribution < -0.4 is 5.32 Å². The highest BCUT2D eigenvalue weighted by atomic mass is 16.6. The number of benzene rings is 1.